The van der Waals surface area contributed by atoms with Crippen LogP contribution in [0.3, 0.4) is 0 Å². The average Bonchev–Trinajstić information content (AvgIpc) is 3.68. The summed E-state index contributed by atoms with van der Waals surface area (Å²) in [5.74, 6) is 0.456. The highest BCUT2D eigenvalue weighted by Gasteiger charge is 2.45. The highest BCUT2D eigenvalue weighted by atomic mass is 32.1. The highest BCUT2D eigenvalue weighted by molar-refractivity contribution is 7.20. The number of halogens is 1. The highest BCUT2D eigenvalue weighted by Crippen LogP contribution is 2.40. The molecule has 5 heterocycles. The third kappa shape index (κ3) is 3.79. The maximum Gasteiger partial charge on any atom is 0.315 e. The fourth-order valence-corrected chi connectivity index (χ4v) is 7.23. The standard InChI is InChI=1S/C24H24FN9OS2/c1-3-15-20(31(2)22-29-19(18(12-26)36-22)13-4-6-14(25)7-5-13)34-23(28-15)37-24(30-34)33-11-9-16-17(33)8-10-32(16)21(27)35/h4-7,16-17H,3,8-11H2,1-2H3,(H2,27,35). The second kappa shape index (κ2) is 8.97. The van der Waals surface area contributed by atoms with Crippen molar-refractivity contribution in [1.82, 2.24) is 24.5 Å². The molecule has 2 unspecified atom stereocenters. The van der Waals surface area contributed by atoms with Crippen LogP contribution in [0.2, 0.25) is 0 Å². The number of fused-ring (bicyclic) bond motifs is 2. The van der Waals surface area contributed by atoms with Crippen LogP contribution in [0, 0.1) is 17.1 Å². The lowest BCUT2D eigenvalue weighted by atomic mass is 10.1. The SMILES string of the molecule is CCc1nc2sc(N3CCC4C3CCN4C(N)=O)nn2c1N(C)c1nc(-c2ccc(F)cc2)c(C#N)s1. The number of nitrogens with two attached hydrogens (primary N) is 1. The Labute approximate surface area is 220 Å². The number of amides is 2. The van der Waals surface area contributed by atoms with Gasteiger partial charge in [-0.2, -0.15) is 9.78 Å². The van der Waals surface area contributed by atoms with Crippen molar-refractivity contribution in [3.63, 3.8) is 0 Å². The number of carbonyl (C=O) groups is 1. The van der Waals surface area contributed by atoms with E-state index in [9.17, 15) is 14.4 Å². The first-order valence-electron chi connectivity index (χ1n) is 12.0. The van der Waals surface area contributed by atoms with Crippen molar-refractivity contribution in [1.29, 1.82) is 5.26 Å². The molecule has 13 heteroatoms. The van der Waals surface area contributed by atoms with Crippen LogP contribution in [0.1, 0.15) is 30.3 Å². The first-order chi connectivity index (χ1) is 17.9. The predicted molar refractivity (Wildman–Crippen MR) is 141 cm³/mol. The van der Waals surface area contributed by atoms with Gasteiger partial charge in [0.05, 0.1) is 17.8 Å². The molecule has 1 aromatic carbocycles. The molecule has 2 aliphatic rings. The number of primary amides is 1. The minimum Gasteiger partial charge on any atom is -0.351 e. The minimum absolute atomic E-state index is 0.117. The molecule has 0 saturated carbocycles. The molecule has 3 aromatic heterocycles. The van der Waals surface area contributed by atoms with Crippen molar-refractivity contribution >= 4 is 49.7 Å². The number of urea groups is 1. The summed E-state index contributed by atoms with van der Waals surface area (Å²) in [6, 6.07) is 8.16. The Balaban J connectivity index is 1.36. The average molecular weight is 538 g/mol. The molecule has 0 spiro atoms. The van der Waals surface area contributed by atoms with E-state index in [2.05, 4.69) is 11.0 Å². The first kappa shape index (κ1) is 23.6. The summed E-state index contributed by atoms with van der Waals surface area (Å²) in [6.07, 6.45) is 2.43. The van der Waals surface area contributed by atoms with Crippen LogP contribution in [0.25, 0.3) is 16.2 Å². The van der Waals surface area contributed by atoms with E-state index in [1.807, 2.05) is 23.4 Å². The number of aromatic nitrogens is 4. The molecule has 2 saturated heterocycles. The quantitative estimate of drug-likeness (QED) is 0.409. The monoisotopic (exact) mass is 537 g/mol. The maximum absolute atomic E-state index is 13.4. The van der Waals surface area contributed by atoms with Gasteiger partial charge in [0, 0.05) is 25.7 Å². The second-order valence-electron chi connectivity index (χ2n) is 9.10. The number of nitrogens with zero attached hydrogens (tertiary/aromatic N) is 8. The lowest BCUT2D eigenvalue weighted by Gasteiger charge is -2.23. The molecule has 6 rings (SSSR count). The van der Waals surface area contributed by atoms with Crippen molar-refractivity contribution in [3.8, 4) is 17.3 Å². The zero-order chi connectivity index (χ0) is 25.8. The van der Waals surface area contributed by atoms with Crippen LogP contribution in [0.15, 0.2) is 24.3 Å². The Hall–Kier alpha value is -3.76. The zero-order valence-electron chi connectivity index (χ0n) is 20.3. The summed E-state index contributed by atoms with van der Waals surface area (Å²) in [4.78, 5) is 28.6. The van der Waals surface area contributed by atoms with Gasteiger partial charge in [-0.1, -0.05) is 29.6 Å². The van der Waals surface area contributed by atoms with E-state index in [-0.39, 0.29) is 23.9 Å². The van der Waals surface area contributed by atoms with Gasteiger partial charge in [-0.25, -0.2) is 19.2 Å². The van der Waals surface area contributed by atoms with Gasteiger partial charge in [-0.15, -0.1) is 5.10 Å². The van der Waals surface area contributed by atoms with Crippen molar-refractivity contribution < 1.29 is 9.18 Å². The number of nitriles is 1. The van der Waals surface area contributed by atoms with Gasteiger partial charge < -0.3 is 20.4 Å². The van der Waals surface area contributed by atoms with Crippen molar-refractivity contribution in [2.45, 2.75) is 38.3 Å². The van der Waals surface area contributed by atoms with Gasteiger partial charge in [0.25, 0.3) is 0 Å². The smallest absolute Gasteiger partial charge is 0.315 e. The molecule has 190 valence electrons. The van der Waals surface area contributed by atoms with E-state index in [0.29, 0.717) is 34.2 Å². The van der Waals surface area contributed by atoms with Crippen LogP contribution < -0.4 is 15.5 Å². The number of carbonyl (C=O) groups excluding carboxylic acids is 1. The molecule has 2 atom stereocenters. The van der Waals surface area contributed by atoms with Crippen molar-refractivity contribution in [3.05, 3.63) is 40.7 Å². The summed E-state index contributed by atoms with van der Waals surface area (Å²) >= 11 is 2.80. The van der Waals surface area contributed by atoms with Gasteiger partial charge in [-0.3, -0.25) is 0 Å². The summed E-state index contributed by atoms with van der Waals surface area (Å²) in [6.45, 7) is 3.51. The number of thiazole rings is 1. The molecule has 2 amide bonds. The van der Waals surface area contributed by atoms with E-state index in [1.165, 1.54) is 34.8 Å². The van der Waals surface area contributed by atoms with Gasteiger partial charge in [-0.05, 0) is 43.5 Å². The number of aryl methyl sites for hydroxylation is 1. The van der Waals surface area contributed by atoms with Crippen LogP contribution >= 0.6 is 22.7 Å². The largest absolute Gasteiger partial charge is 0.351 e. The lowest BCUT2D eigenvalue weighted by Crippen LogP contribution is -2.42. The number of imidazole rings is 1. The van der Waals surface area contributed by atoms with E-state index >= 15 is 0 Å². The zero-order valence-corrected chi connectivity index (χ0v) is 21.9. The molecule has 2 N–H and O–H groups in total. The fourth-order valence-electron chi connectivity index (χ4n) is 5.38. The molecule has 4 aromatic rings. The van der Waals surface area contributed by atoms with E-state index in [1.54, 1.807) is 17.0 Å². The first-order valence-corrected chi connectivity index (χ1v) is 13.6. The second-order valence-corrected chi connectivity index (χ2v) is 11.0. The Kier molecular flexibility index (Phi) is 5.73. The topological polar surface area (TPSA) is 120 Å². The number of benzene rings is 1. The van der Waals surface area contributed by atoms with Crippen LogP contribution in [-0.4, -0.2) is 62.7 Å². The summed E-state index contributed by atoms with van der Waals surface area (Å²) in [5, 5.41) is 16.2. The van der Waals surface area contributed by atoms with Gasteiger partial charge >= 0.3 is 6.03 Å². The molecule has 0 bridgehead atoms. The van der Waals surface area contributed by atoms with Crippen LogP contribution in [0.5, 0.6) is 0 Å². The number of anilines is 3. The van der Waals surface area contributed by atoms with Crippen LogP contribution in [0.4, 0.5) is 25.3 Å². The Morgan fingerprint density at radius 3 is 2.68 bits per heavy atom. The fraction of sp³-hybridized carbons (Fsp3) is 0.375. The minimum atomic E-state index is -0.361. The maximum atomic E-state index is 13.4. The number of hydrogen-bond donors (Lipinski definition) is 1. The Morgan fingerprint density at radius 1 is 1.22 bits per heavy atom. The normalized spacial score (nSPS) is 19.0. The molecule has 0 aliphatic carbocycles. The van der Waals surface area contributed by atoms with E-state index < -0.39 is 0 Å². The Morgan fingerprint density at radius 2 is 1.97 bits per heavy atom. The summed E-state index contributed by atoms with van der Waals surface area (Å²) < 4.78 is 15.3. The molecule has 10 nitrogen and oxygen atoms in total. The van der Waals surface area contributed by atoms with E-state index in [4.69, 9.17) is 20.8 Å². The Bertz CT molecular complexity index is 1540. The number of rotatable bonds is 5. The van der Waals surface area contributed by atoms with Gasteiger partial charge in [0.2, 0.25) is 10.1 Å². The van der Waals surface area contributed by atoms with Crippen LogP contribution in [-0.2, 0) is 6.42 Å². The van der Waals surface area contributed by atoms with Gasteiger partial charge in [0.1, 0.15) is 22.5 Å². The third-order valence-electron chi connectivity index (χ3n) is 7.12. The van der Waals surface area contributed by atoms with E-state index in [0.717, 1.165) is 41.0 Å². The molecule has 2 fully saturated rings. The number of likely N-dealkylation sites (tertiary alicyclic amines) is 1. The van der Waals surface area contributed by atoms with Crippen molar-refractivity contribution in [2.75, 3.05) is 29.9 Å². The number of hydrogen-bond acceptors (Lipinski definition) is 9. The summed E-state index contributed by atoms with van der Waals surface area (Å²) in [7, 11) is 1.89. The van der Waals surface area contributed by atoms with Gasteiger partial charge in [0.15, 0.2) is 10.9 Å². The summed E-state index contributed by atoms with van der Waals surface area (Å²) in [5.41, 5.74) is 7.67. The third-order valence-corrected chi connectivity index (χ3v) is 9.10. The molecule has 2 aliphatic heterocycles. The lowest BCUT2D eigenvalue weighted by molar-refractivity contribution is 0.202. The molecular formula is C24H24FN9OS2. The van der Waals surface area contributed by atoms with Crippen molar-refractivity contribution in [2.24, 2.45) is 5.73 Å². The predicted octanol–water partition coefficient (Wildman–Crippen LogP) is 3.99. The molecule has 37 heavy (non-hydrogen) atoms. The molecular weight excluding hydrogens is 513 g/mol. The molecule has 0 radical (unpaired) electrons.